The number of aryl methyl sites for hydroxylation is 1. The molecule has 1 aliphatic rings. The highest BCUT2D eigenvalue weighted by Gasteiger charge is 2.19. The Morgan fingerprint density at radius 2 is 1.52 bits per heavy atom. The molecule has 1 amide bonds. The van der Waals surface area contributed by atoms with Crippen LogP contribution in [0.2, 0.25) is 0 Å². The van der Waals surface area contributed by atoms with Gasteiger partial charge in [0, 0.05) is 52.0 Å². The average Bonchev–Trinajstić information content (AvgIpc) is 3.18. The minimum Gasteiger partial charge on any atom is -0.378 e. The maximum atomic E-state index is 12.6. The molecule has 1 fully saturated rings. The highest BCUT2D eigenvalue weighted by Crippen LogP contribution is 2.25. The number of anilines is 2. The predicted molar refractivity (Wildman–Crippen MR) is 128 cm³/mol. The number of hydrogen-bond acceptors (Lipinski definition) is 6. The molecule has 31 heavy (non-hydrogen) atoms. The van der Waals surface area contributed by atoms with E-state index >= 15 is 0 Å². The summed E-state index contributed by atoms with van der Waals surface area (Å²) in [5.41, 5.74) is 4.80. The molecule has 1 saturated heterocycles. The van der Waals surface area contributed by atoms with Crippen LogP contribution >= 0.6 is 11.5 Å². The molecule has 0 unspecified atom stereocenters. The van der Waals surface area contributed by atoms with Crippen LogP contribution in [0.1, 0.15) is 27.2 Å². The van der Waals surface area contributed by atoms with E-state index in [0.29, 0.717) is 5.56 Å². The molecule has 0 spiro atoms. The first kappa shape index (κ1) is 21.5. The van der Waals surface area contributed by atoms with Crippen LogP contribution in [-0.4, -0.2) is 53.3 Å². The number of amides is 1. The van der Waals surface area contributed by atoms with Gasteiger partial charge in [-0.25, -0.2) is 0 Å². The fraction of sp³-hybridized carbons (Fsp3) is 0.333. The molecule has 0 atom stereocenters. The van der Waals surface area contributed by atoms with Gasteiger partial charge in [-0.1, -0.05) is 42.5 Å². The minimum absolute atomic E-state index is 0.127. The fourth-order valence-electron chi connectivity index (χ4n) is 3.90. The lowest BCUT2D eigenvalue weighted by Crippen LogP contribution is -2.45. The summed E-state index contributed by atoms with van der Waals surface area (Å²) in [5.74, 6) is -0.127. The molecular formula is C24H29N5OS. The van der Waals surface area contributed by atoms with Crippen molar-refractivity contribution in [2.75, 3.05) is 43.9 Å². The van der Waals surface area contributed by atoms with Gasteiger partial charge in [-0.05, 0) is 41.7 Å². The lowest BCUT2D eigenvalue weighted by Gasteiger charge is -2.34. The molecule has 162 valence electrons. The summed E-state index contributed by atoms with van der Waals surface area (Å²) in [7, 11) is 1.81. The van der Waals surface area contributed by atoms with E-state index < -0.39 is 0 Å². The molecule has 1 aromatic heterocycles. The van der Waals surface area contributed by atoms with Crippen LogP contribution in [0.15, 0.2) is 54.6 Å². The Morgan fingerprint density at radius 3 is 2.10 bits per heavy atom. The number of nitrogens with one attached hydrogen (secondary N) is 2. The van der Waals surface area contributed by atoms with Gasteiger partial charge in [-0.15, -0.1) is 0 Å². The summed E-state index contributed by atoms with van der Waals surface area (Å²) in [4.78, 5) is 17.7. The minimum atomic E-state index is -0.127. The maximum Gasteiger partial charge on any atom is 0.260 e. The zero-order chi connectivity index (χ0) is 21.6. The Bertz CT molecular complexity index is 995. The van der Waals surface area contributed by atoms with E-state index in [2.05, 4.69) is 67.3 Å². The van der Waals surface area contributed by atoms with Gasteiger partial charge in [0.2, 0.25) is 0 Å². The van der Waals surface area contributed by atoms with E-state index in [-0.39, 0.29) is 5.91 Å². The molecule has 7 heteroatoms. The Morgan fingerprint density at radius 1 is 0.935 bits per heavy atom. The molecule has 3 aromatic rings. The van der Waals surface area contributed by atoms with Crippen molar-refractivity contribution in [1.82, 2.24) is 14.2 Å². The number of nitrogens with zero attached hydrogens (tertiary/aromatic N) is 3. The van der Waals surface area contributed by atoms with Crippen molar-refractivity contribution in [2.45, 2.75) is 20.0 Å². The van der Waals surface area contributed by atoms with Gasteiger partial charge in [0.15, 0.2) is 0 Å². The highest BCUT2D eigenvalue weighted by atomic mass is 32.1. The molecule has 2 heterocycles. The molecule has 1 aliphatic heterocycles. The van der Waals surface area contributed by atoms with Crippen LogP contribution in [0.3, 0.4) is 0 Å². The van der Waals surface area contributed by atoms with E-state index in [1.807, 2.05) is 19.1 Å². The van der Waals surface area contributed by atoms with Crippen LogP contribution in [0.5, 0.6) is 0 Å². The molecule has 2 N–H and O–H groups in total. The Kier molecular flexibility index (Phi) is 6.96. The van der Waals surface area contributed by atoms with Crippen molar-refractivity contribution in [3.05, 3.63) is 77.0 Å². The molecule has 2 aromatic carbocycles. The van der Waals surface area contributed by atoms with E-state index in [1.54, 1.807) is 7.05 Å². The van der Waals surface area contributed by atoms with Crippen molar-refractivity contribution in [1.29, 1.82) is 0 Å². The summed E-state index contributed by atoms with van der Waals surface area (Å²) >= 11 is 1.31. The van der Waals surface area contributed by atoms with Gasteiger partial charge in [-0.2, -0.15) is 4.37 Å². The second-order valence-electron chi connectivity index (χ2n) is 7.91. The molecule has 6 nitrogen and oxygen atoms in total. The number of hydrogen-bond donors (Lipinski definition) is 2. The summed E-state index contributed by atoms with van der Waals surface area (Å²) in [5, 5.41) is 6.82. The van der Waals surface area contributed by atoms with Crippen molar-refractivity contribution in [2.24, 2.45) is 0 Å². The van der Waals surface area contributed by atoms with Gasteiger partial charge >= 0.3 is 0 Å². The summed E-state index contributed by atoms with van der Waals surface area (Å²) < 4.78 is 4.27. The SMILES string of the molecule is CNc1snc(C)c1C(=O)Nc1ccc(CN2CCN(Cc3ccccc3)CC2)cc1. The zero-order valence-electron chi connectivity index (χ0n) is 18.1. The number of carbonyl (C=O) groups excluding carboxylic acids is 1. The maximum absolute atomic E-state index is 12.6. The van der Waals surface area contributed by atoms with Crippen molar-refractivity contribution in [3.8, 4) is 0 Å². The van der Waals surface area contributed by atoms with Crippen molar-refractivity contribution < 1.29 is 4.79 Å². The number of aromatic nitrogens is 1. The topological polar surface area (TPSA) is 60.5 Å². The molecule has 0 saturated carbocycles. The third-order valence-corrected chi connectivity index (χ3v) is 6.60. The number of piperazine rings is 1. The second kappa shape index (κ2) is 10.0. The van der Waals surface area contributed by atoms with Crippen LogP contribution in [0, 0.1) is 6.92 Å². The predicted octanol–water partition coefficient (Wildman–Crippen LogP) is 4.06. The van der Waals surface area contributed by atoms with E-state index in [9.17, 15) is 4.79 Å². The average molecular weight is 436 g/mol. The lowest BCUT2D eigenvalue weighted by molar-refractivity contribution is 0.102. The monoisotopic (exact) mass is 435 g/mol. The Balaban J connectivity index is 1.27. The normalized spacial score (nSPS) is 15.0. The van der Waals surface area contributed by atoms with Crippen molar-refractivity contribution in [3.63, 3.8) is 0 Å². The Hall–Kier alpha value is -2.74. The quantitative estimate of drug-likeness (QED) is 0.586. The summed E-state index contributed by atoms with van der Waals surface area (Å²) in [6.07, 6.45) is 0. The molecule has 0 bridgehead atoms. The van der Waals surface area contributed by atoms with Crippen LogP contribution in [0.25, 0.3) is 0 Å². The van der Waals surface area contributed by atoms with Crippen LogP contribution < -0.4 is 10.6 Å². The number of carbonyl (C=O) groups is 1. The van der Waals surface area contributed by atoms with Crippen LogP contribution in [-0.2, 0) is 13.1 Å². The lowest BCUT2D eigenvalue weighted by atomic mass is 10.1. The summed E-state index contributed by atoms with van der Waals surface area (Å²) in [6, 6.07) is 18.8. The fourth-order valence-corrected chi connectivity index (χ4v) is 4.64. The second-order valence-corrected chi connectivity index (χ2v) is 8.68. The first-order valence-electron chi connectivity index (χ1n) is 10.7. The first-order valence-corrected chi connectivity index (χ1v) is 11.4. The number of rotatable bonds is 7. The summed E-state index contributed by atoms with van der Waals surface area (Å²) in [6.45, 7) is 8.14. The number of benzene rings is 2. The smallest absolute Gasteiger partial charge is 0.260 e. The van der Waals surface area contributed by atoms with Gasteiger partial charge in [0.05, 0.1) is 11.3 Å². The highest BCUT2D eigenvalue weighted by molar-refractivity contribution is 7.10. The third kappa shape index (κ3) is 5.50. The Labute approximate surface area is 188 Å². The molecular weight excluding hydrogens is 406 g/mol. The van der Waals surface area contributed by atoms with Gasteiger partial charge in [0.1, 0.15) is 5.00 Å². The molecule has 0 aliphatic carbocycles. The van der Waals surface area contributed by atoms with Gasteiger partial charge < -0.3 is 10.6 Å². The third-order valence-electron chi connectivity index (χ3n) is 5.65. The van der Waals surface area contributed by atoms with E-state index in [0.717, 1.165) is 55.7 Å². The molecule has 4 rings (SSSR count). The standard InChI is InChI=1S/C24H29N5OS/c1-18-22(24(25-2)31-27-18)23(30)26-21-10-8-20(9-11-21)17-29-14-12-28(13-15-29)16-19-6-4-3-5-7-19/h3-11,25H,12-17H2,1-2H3,(H,26,30). The van der Waals surface area contributed by atoms with E-state index in [1.165, 1.54) is 22.7 Å². The van der Waals surface area contributed by atoms with Gasteiger partial charge in [-0.3, -0.25) is 14.6 Å². The van der Waals surface area contributed by atoms with Crippen LogP contribution in [0.4, 0.5) is 10.7 Å². The first-order chi connectivity index (χ1) is 15.1. The van der Waals surface area contributed by atoms with Crippen molar-refractivity contribution >= 4 is 28.1 Å². The zero-order valence-corrected chi connectivity index (χ0v) is 18.9. The van der Waals surface area contributed by atoms with E-state index in [4.69, 9.17) is 0 Å². The molecule has 0 radical (unpaired) electrons. The van der Waals surface area contributed by atoms with Gasteiger partial charge in [0.25, 0.3) is 5.91 Å². The largest absolute Gasteiger partial charge is 0.378 e.